The maximum absolute atomic E-state index is 12.8. The normalized spacial score (nSPS) is 11.2. The lowest BCUT2D eigenvalue weighted by atomic mass is 10.1. The van der Waals surface area contributed by atoms with Gasteiger partial charge >= 0.3 is 6.18 Å². The summed E-state index contributed by atoms with van der Waals surface area (Å²) in [4.78, 5) is 17.7. The third-order valence-corrected chi connectivity index (χ3v) is 3.27. The molecule has 0 bridgehead atoms. The van der Waals surface area contributed by atoms with Crippen LogP contribution in [0.5, 0.6) is 0 Å². The Kier molecular flexibility index (Phi) is 5.40. The van der Waals surface area contributed by atoms with E-state index in [9.17, 15) is 18.0 Å². The van der Waals surface area contributed by atoms with Gasteiger partial charge in [0.2, 0.25) is 0 Å². The highest BCUT2D eigenvalue weighted by atomic mass is 19.4. The molecule has 0 radical (unpaired) electrons. The number of rotatable bonds is 5. The summed E-state index contributed by atoms with van der Waals surface area (Å²) in [7, 11) is 1.51. The number of alkyl halides is 3. The van der Waals surface area contributed by atoms with Crippen LogP contribution in [0.15, 0.2) is 42.6 Å². The number of pyridine rings is 1. The standard InChI is InChI=1S/C16H16F3N3O2/c1-22(8-9-23)15(24)13-6-3-7-20-14(13)21-12-5-2-4-11(10-12)16(17,18)19/h2-7,10,23H,8-9H2,1H3,(H,20,21). The number of amides is 1. The number of likely N-dealkylation sites (N-methyl/N-ethyl adjacent to an activating group) is 1. The Bertz CT molecular complexity index is 720. The number of anilines is 2. The molecule has 8 heteroatoms. The molecular weight excluding hydrogens is 323 g/mol. The monoisotopic (exact) mass is 339 g/mol. The molecule has 1 heterocycles. The van der Waals surface area contributed by atoms with Crippen molar-refractivity contribution in [1.29, 1.82) is 0 Å². The number of aromatic nitrogens is 1. The van der Waals surface area contributed by atoms with Crippen molar-refractivity contribution in [3.8, 4) is 0 Å². The van der Waals surface area contributed by atoms with Crippen LogP contribution >= 0.6 is 0 Å². The summed E-state index contributed by atoms with van der Waals surface area (Å²) in [6, 6.07) is 7.70. The minimum absolute atomic E-state index is 0.136. The Labute approximate surface area is 136 Å². The average Bonchev–Trinajstić information content (AvgIpc) is 2.54. The molecule has 0 unspecified atom stereocenters. The van der Waals surface area contributed by atoms with E-state index in [-0.39, 0.29) is 30.2 Å². The van der Waals surface area contributed by atoms with Crippen LogP contribution in [-0.4, -0.2) is 41.1 Å². The van der Waals surface area contributed by atoms with Gasteiger partial charge in [0, 0.05) is 25.5 Å². The van der Waals surface area contributed by atoms with Gasteiger partial charge in [-0.1, -0.05) is 6.07 Å². The summed E-state index contributed by atoms with van der Waals surface area (Å²) >= 11 is 0. The lowest BCUT2D eigenvalue weighted by Gasteiger charge is -2.18. The zero-order valence-electron chi connectivity index (χ0n) is 12.8. The first-order valence-electron chi connectivity index (χ1n) is 7.08. The highest BCUT2D eigenvalue weighted by Gasteiger charge is 2.30. The predicted molar refractivity (Wildman–Crippen MR) is 83.0 cm³/mol. The Balaban J connectivity index is 2.30. The Hall–Kier alpha value is -2.61. The van der Waals surface area contributed by atoms with E-state index in [1.165, 1.54) is 36.3 Å². The molecule has 128 valence electrons. The van der Waals surface area contributed by atoms with E-state index in [0.717, 1.165) is 12.1 Å². The molecule has 2 aromatic rings. The molecule has 1 aromatic carbocycles. The second-order valence-corrected chi connectivity index (χ2v) is 5.05. The molecule has 0 spiro atoms. The van der Waals surface area contributed by atoms with Gasteiger partial charge in [-0.25, -0.2) is 4.98 Å². The molecule has 0 saturated heterocycles. The van der Waals surface area contributed by atoms with Gasteiger partial charge in [-0.15, -0.1) is 0 Å². The first-order valence-corrected chi connectivity index (χ1v) is 7.08. The van der Waals surface area contributed by atoms with Gasteiger partial charge in [0.15, 0.2) is 0 Å². The second-order valence-electron chi connectivity index (χ2n) is 5.05. The highest BCUT2D eigenvalue weighted by molar-refractivity contribution is 5.99. The Morgan fingerprint density at radius 1 is 1.29 bits per heavy atom. The number of halogens is 3. The summed E-state index contributed by atoms with van der Waals surface area (Å²) in [5.41, 5.74) is -0.429. The van der Waals surface area contributed by atoms with Crippen molar-refractivity contribution in [2.45, 2.75) is 6.18 Å². The van der Waals surface area contributed by atoms with Gasteiger partial charge in [0.1, 0.15) is 5.82 Å². The number of carbonyl (C=O) groups is 1. The van der Waals surface area contributed by atoms with Crippen LogP contribution in [0.2, 0.25) is 0 Å². The molecule has 2 rings (SSSR count). The Morgan fingerprint density at radius 3 is 2.71 bits per heavy atom. The molecule has 2 N–H and O–H groups in total. The molecular formula is C16H16F3N3O2. The van der Waals surface area contributed by atoms with Crippen molar-refractivity contribution >= 4 is 17.4 Å². The molecule has 5 nitrogen and oxygen atoms in total. The van der Waals surface area contributed by atoms with Crippen molar-refractivity contribution < 1.29 is 23.1 Å². The number of carbonyl (C=O) groups excluding carboxylic acids is 1. The van der Waals surface area contributed by atoms with Crippen molar-refractivity contribution in [3.05, 3.63) is 53.7 Å². The summed E-state index contributed by atoms with van der Waals surface area (Å²) in [5, 5.41) is 11.7. The van der Waals surface area contributed by atoms with Gasteiger partial charge in [-0.3, -0.25) is 4.79 Å². The van der Waals surface area contributed by atoms with Gasteiger partial charge in [0.25, 0.3) is 5.91 Å². The van der Waals surface area contributed by atoms with E-state index in [2.05, 4.69) is 10.3 Å². The van der Waals surface area contributed by atoms with E-state index in [4.69, 9.17) is 5.11 Å². The van der Waals surface area contributed by atoms with Gasteiger partial charge in [0.05, 0.1) is 17.7 Å². The molecule has 0 aliphatic rings. The van der Waals surface area contributed by atoms with E-state index >= 15 is 0 Å². The molecule has 0 saturated carbocycles. The molecule has 0 atom stereocenters. The highest BCUT2D eigenvalue weighted by Crippen LogP contribution is 2.31. The van der Waals surface area contributed by atoms with Crippen molar-refractivity contribution in [3.63, 3.8) is 0 Å². The summed E-state index contributed by atoms with van der Waals surface area (Å²) in [6.07, 6.45) is -3.03. The maximum Gasteiger partial charge on any atom is 0.416 e. The molecule has 1 amide bonds. The minimum atomic E-state index is -4.46. The van der Waals surface area contributed by atoms with Crippen LogP contribution in [0.3, 0.4) is 0 Å². The number of benzene rings is 1. The number of hydrogen-bond donors (Lipinski definition) is 2. The molecule has 0 fully saturated rings. The van der Waals surface area contributed by atoms with Crippen LogP contribution in [0.1, 0.15) is 15.9 Å². The fraction of sp³-hybridized carbons (Fsp3) is 0.250. The lowest BCUT2D eigenvalue weighted by Crippen LogP contribution is -2.30. The van der Waals surface area contributed by atoms with Gasteiger partial charge in [-0.2, -0.15) is 13.2 Å². The zero-order valence-corrected chi connectivity index (χ0v) is 12.8. The van der Waals surface area contributed by atoms with Crippen LogP contribution in [0.4, 0.5) is 24.7 Å². The number of aliphatic hydroxyl groups excluding tert-OH is 1. The van der Waals surface area contributed by atoms with E-state index in [1.807, 2.05) is 0 Å². The summed E-state index contributed by atoms with van der Waals surface area (Å²) in [5.74, 6) is -0.252. The first kappa shape index (κ1) is 17.7. The van der Waals surface area contributed by atoms with Gasteiger partial charge in [-0.05, 0) is 30.3 Å². The SMILES string of the molecule is CN(CCO)C(=O)c1cccnc1Nc1cccc(C(F)(F)F)c1. The zero-order chi connectivity index (χ0) is 17.7. The smallest absolute Gasteiger partial charge is 0.395 e. The number of nitrogens with zero attached hydrogens (tertiary/aromatic N) is 2. The lowest BCUT2D eigenvalue weighted by molar-refractivity contribution is -0.137. The second kappa shape index (κ2) is 7.31. The Morgan fingerprint density at radius 2 is 2.04 bits per heavy atom. The van der Waals surface area contributed by atoms with Crippen LogP contribution in [0.25, 0.3) is 0 Å². The number of aliphatic hydroxyl groups is 1. The first-order chi connectivity index (χ1) is 11.3. The fourth-order valence-corrected chi connectivity index (χ4v) is 2.04. The molecule has 24 heavy (non-hydrogen) atoms. The number of nitrogens with one attached hydrogen (secondary N) is 1. The maximum atomic E-state index is 12.8. The summed E-state index contributed by atoms with van der Waals surface area (Å²) in [6.45, 7) is -0.0599. The quantitative estimate of drug-likeness (QED) is 0.879. The van der Waals surface area contributed by atoms with Crippen molar-refractivity contribution in [2.24, 2.45) is 0 Å². The van der Waals surface area contributed by atoms with Crippen LogP contribution < -0.4 is 5.32 Å². The van der Waals surface area contributed by atoms with E-state index < -0.39 is 17.6 Å². The van der Waals surface area contributed by atoms with E-state index in [0.29, 0.717) is 0 Å². The topological polar surface area (TPSA) is 65.5 Å². The molecule has 0 aliphatic carbocycles. The van der Waals surface area contributed by atoms with E-state index in [1.54, 1.807) is 6.07 Å². The van der Waals surface area contributed by atoms with Crippen molar-refractivity contribution in [2.75, 3.05) is 25.5 Å². The number of hydrogen-bond acceptors (Lipinski definition) is 4. The predicted octanol–water partition coefficient (Wildman–Crippen LogP) is 2.91. The van der Waals surface area contributed by atoms with Crippen LogP contribution in [0, 0.1) is 0 Å². The average molecular weight is 339 g/mol. The van der Waals surface area contributed by atoms with Gasteiger partial charge < -0.3 is 15.3 Å². The summed E-state index contributed by atoms with van der Waals surface area (Å²) < 4.78 is 38.3. The van der Waals surface area contributed by atoms with Crippen molar-refractivity contribution in [1.82, 2.24) is 9.88 Å². The minimum Gasteiger partial charge on any atom is -0.395 e. The fourth-order valence-electron chi connectivity index (χ4n) is 2.04. The third-order valence-electron chi connectivity index (χ3n) is 3.27. The van der Waals surface area contributed by atoms with Crippen LogP contribution in [-0.2, 0) is 6.18 Å². The molecule has 0 aliphatic heterocycles. The molecule has 1 aromatic heterocycles. The third kappa shape index (κ3) is 4.23. The largest absolute Gasteiger partial charge is 0.416 e.